The summed E-state index contributed by atoms with van der Waals surface area (Å²) in [6, 6.07) is 5.82. The predicted molar refractivity (Wildman–Crippen MR) is 172 cm³/mol. The molecule has 0 saturated carbocycles. The number of aryl methyl sites for hydroxylation is 1. The Kier molecular flexibility index (Phi) is 7.44. The number of amides is 1. The summed E-state index contributed by atoms with van der Waals surface area (Å²) in [5.41, 5.74) is 12.9. The zero-order chi connectivity index (χ0) is 31.5. The average molecular weight is 631 g/mol. The first-order chi connectivity index (χ1) is 22.4. The van der Waals surface area contributed by atoms with Gasteiger partial charge < -0.3 is 29.6 Å². The largest absolute Gasteiger partial charge is 0.381 e. The SMILES string of the molecule is CC(=O)N1CCc2c(c(N3CCCc4cc(-c5cc6nccn6cc5N5CC(CN)C5)c(C(F)F)cc43)nn2C2CCOCC2)C1. The van der Waals surface area contributed by atoms with Crippen molar-refractivity contribution in [1.82, 2.24) is 24.1 Å². The van der Waals surface area contributed by atoms with Gasteiger partial charge in [-0.15, -0.1) is 0 Å². The molecule has 4 aliphatic rings. The van der Waals surface area contributed by atoms with E-state index in [4.69, 9.17) is 15.6 Å². The van der Waals surface area contributed by atoms with Gasteiger partial charge in [-0.05, 0) is 61.6 Å². The molecule has 0 bridgehead atoms. The lowest BCUT2D eigenvalue weighted by Crippen LogP contribution is -2.50. The number of aromatic nitrogens is 4. The molecule has 2 N–H and O–H groups in total. The zero-order valence-corrected chi connectivity index (χ0v) is 26.2. The molecule has 10 nitrogen and oxygen atoms in total. The lowest BCUT2D eigenvalue weighted by Gasteiger charge is -2.41. The summed E-state index contributed by atoms with van der Waals surface area (Å²) >= 11 is 0. The summed E-state index contributed by atoms with van der Waals surface area (Å²) in [5.74, 6) is 1.21. The molecule has 0 radical (unpaired) electrons. The molecule has 12 heteroatoms. The molecular weight excluding hydrogens is 590 g/mol. The van der Waals surface area contributed by atoms with Crippen LogP contribution in [0, 0.1) is 5.92 Å². The number of fused-ring (bicyclic) bond motifs is 3. The number of pyridine rings is 1. The van der Waals surface area contributed by atoms with Crippen molar-refractivity contribution in [2.45, 2.75) is 58.0 Å². The van der Waals surface area contributed by atoms with Gasteiger partial charge in [-0.2, -0.15) is 5.10 Å². The van der Waals surface area contributed by atoms with E-state index in [9.17, 15) is 4.79 Å². The van der Waals surface area contributed by atoms with Crippen molar-refractivity contribution >= 4 is 28.7 Å². The van der Waals surface area contributed by atoms with Crippen LogP contribution in [0.2, 0.25) is 0 Å². The van der Waals surface area contributed by atoms with Crippen LogP contribution in [0.5, 0.6) is 0 Å². The lowest BCUT2D eigenvalue weighted by molar-refractivity contribution is -0.129. The minimum absolute atomic E-state index is 0.00166. The highest BCUT2D eigenvalue weighted by Gasteiger charge is 2.35. The molecule has 46 heavy (non-hydrogen) atoms. The van der Waals surface area contributed by atoms with Crippen LogP contribution in [0.1, 0.15) is 61.0 Å². The number of rotatable bonds is 6. The Hall–Kier alpha value is -4.03. The Bertz CT molecular complexity index is 1790. The monoisotopic (exact) mass is 630 g/mol. The van der Waals surface area contributed by atoms with E-state index >= 15 is 8.78 Å². The minimum Gasteiger partial charge on any atom is -0.381 e. The molecule has 0 aliphatic carbocycles. The van der Waals surface area contributed by atoms with Gasteiger partial charge in [-0.1, -0.05) is 0 Å². The van der Waals surface area contributed by atoms with Crippen LogP contribution in [0.3, 0.4) is 0 Å². The number of carbonyl (C=O) groups excluding carboxylic acids is 1. The Morgan fingerprint density at radius 1 is 1.09 bits per heavy atom. The molecule has 1 aromatic carbocycles. The molecule has 3 aromatic heterocycles. The summed E-state index contributed by atoms with van der Waals surface area (Å²) in [6.07, 6.45) is 7.07. The molecule has 2 saturated heterocycles. The van der Waals surface area contributed by atoms with Crippen LogP contribution in [0.4, 0.5) is 26.0 Å². The van der Waals surface area contributed by atoms with Crippen molar-refractivity contribution in [2.75, 3.05) is 55.7 Å². The minimum atomic E-state index is -2.68. The second-order valence-electron chi connectivity index (χ2n) is 13.1. The number of anilines is 3. The zero-order valence-electron chi connectivity index (χ0n) is 26.2. The first-order valence-corrected chi connectivity index (χ1v) is 16.5. The highest BCUT2D eigenvalue weighted by atomic mass is 19.3. The standard InChI is InChI=1S/C34H40F2N8O2/c1-21(45)40-9-4-29-28(19-40)34(39-44(29)24-5-11-46-12-6-24)43-8-2-3-23-13-25(27(33(35)36)14-30(23)43)26-15-32-38-7-10-41(32)20-31(26)42-17-22(16-37)18-42/h7,10,13-15,20,22,24,33H,2-6,8-9,11-12,16-19,37H2,1H3. The molecule has 8 rings (SSSR count). The van der Waals surface area contributed by atoms with Gasteiger partial charge >= 0.3 is 0 Å². The topological polar surface area (TPSA) is 97.2 Å². The fourth-order valence-corrected chi connectivity index (χ4v) is 7.76. The van der Waals surface area contributed by atoms with Crippen molar-refractivity contribution in [1.29, 1.82) is 0 Å². The van der Waals surface area contributed by atoms with Gasteiger partial charge in [0.1, 0.15) is 5.65 Å². The number of hydrogen-bond donors (Lipinski definition) is 1. The number of ether oxygens (including phenoxy) is 1. The predicted octanol–water partition coefficient (Wildman–Crippen LogP) is 4.87. The number of hydrogen-bond acceptors (Lipinski definition) is 7. The summed E-state index contributed by atoms with van der Waals surface area (Å²) in [5, 5.41) is 5.22. The highest BCUT2D eigenvalue weighted by Crippen LogP contribution is 2.46. The maximum atomic E-state index is 15.1. The van der Waals surface area contributed by atoms with E-state index in [0.29, 0.717) is 50.9 Å². The summed E-state index contributed by atoms with van der Waals surface area (Å²) in [7, 11) is 0. The molecule has 242 valence electrons. The third-order valence-corrected chi connectivity index (χ3v) is 10.3. The molecule has 7 heterocycles. The molecule has 0 unspecified atom stereocenters. The number of nitrogens with zero attached hydrogens (tertiary/aromatic N) is 7. The fraction of sp³-hybridized carbons (Fsp3) is 0.500. The Morgan fingerprint density at radius 3 is 2.67 bits per heavy atom. The van der Waals surface area contributed by atoms with Gasteiger partial charge in [0.05, 0.1) is 18.3 Å². The van der Waals surface area contributed by atoms with Crippen LogP contribution < -0.4 is 15.5 Å². The van der Waals surface area contributed by atoms with Gasteiger partial charge in [0.2, 0.25) is 5.91 Å². The first kappa shape index (κ1) is 29.4. The molecular formula is C34H40F2N8O2. The van der Waals surface area contributed by atoms with E-state index in [0.717, 1.165) is 90.4 Å². The van der Waals surface area contributed by atoms with Gasteiger partial charge in [-0.25, -0.2) is 13.8 Å². The van der Waals surface area contributed by atoms with Crippen molar-refractivity contribution in [2.24, 2.45) is 11.7 Å². The van der Waals surface area contributed by atoms with Gasteiger partial charge in [-0.3, -0.25) is 9.48 Å². The quantitative estimate of drug-likeness (QED) is 0.325. The molecule has 2 fully saturated rings. The van der Waals surface area contributed by atoms with Gasteiger partial charge in [0.15, 0.2) is 5.82 Å². The van der Waals surface area contributed by atoms with Crippen LogP contribution in [0.15, 0.2) is 36.8 Å². The number of alkyl halides is 2. The second-order valence-corrected chi connectivity index (χ2v) is 13.1. The number of benzene rings is 1. The molecule has 1 amide bonds. The Balaban J connectivity index is 1.25. The molecule has 0 spiro atoms. The number of halogens is 2. The van der Waals surface area contributed by atoms with Crippen LogP contribution >= 0.6 is 0 Å². The second kappa shape index (κ2) is 11.6. The van der Waals surface area contributed by atoms with Crippen molar-refractivity contribution in [3.63, 3.8) is 0 Å². The van der Waals surface area contributed by atoms with E-state index in [1.54, 1.807) is 19.2 Å². The average Bonchev–Trinajstić information content (AvgIpc) is 3.67. The third kappa shape index (κ3) is 4.93. The van der Waals surface area contributed by atoms with E-state index < -0.39 is 6.43 Å². The highest BCUT2D eigenvalue weighted by molar-refractivity contribution is 5.86. The van der Waals surface area contributed by atoms with E-state index in [-0.39, 0.29) is 17.5 Å². The Labute approximate surface area is 266 Å². The normalized spacial score (nSPS) is 19.1. The van der Waals surface area contributed by atoms with E-state index in [2.05, 4.69) is 19.5 Å². The third-order valence-electron chi connectivity index (χ3n) is 10.3. The van der Waals surface area contributed by atoms with Crippen molar-refractivity contribution in [3.8, 4) is 11.1 Å². The van der Waals surface area contributed by atoms with E-state index in [1.165, 1.54) is 0 Å². The number of nitrogens with two attached hydrogens (primary N) is 1. The van der Waals surface area contributed by atoms with Crippen LogP contribution in [0.25, 0.3) is 16.8 Å². The maximum Gasteiger partial charge on any atom is 0.264 e. The van der Waals surface area contributed by atoms with Crippen LogP contribution in [-0.4, -0.2) is 75.9 Å². The molecule has 4 aromatic rings. The fourth-order valence-electron chi connectivity index (χ4n) is 7.76. The summed E-state index contributed by atoms with van der Waals surface area (Å²) in [6.45, 7) is 6.98. The number of carbonyl (C=O) groups is 1. The Morgan fingerprint density at radius 2 is 1.91 bits per heavy atom. The smallest absolute Gasteiger partial charge is 0.264 e. The van der Waals surface area contributed by atoms with Crippen LogP contribution in [-0.2, 0) is 28.9 Å². The van der Waals surface area contributed by atoms with Gasteiger partial charge in [0, 0.05) is 105 Å². The molecule has 4 aliphatic heterocycles. The maximum absolute atomic E-state index is 15.1. The summed E-state index contributed by atoms with van der Waals surface area (Å²) in [4.78, 5) is 23.2. The lowest BCUT2D eigenvalue weighted by atomic mass is 9.90. The van der Waals surface area contributed by atoms with E-state index in [1.807, 2.05) is 33.8 Å². The van der Waals surface area contributed by atoms with Crippen molar-refractivity contribution < 1.29 is 18.3 Å². The number of imidazole rings is 1. The summed E-state index contributed by atoms with van der Waals surface area (Å²) < 4.78 is 40.0. The molecule has 0 atom stereocenters. The van der Waals surface area contributed by atoms with Gasteiger partial charge in [0.25, 0.3) is 6.43 Å². The van der Waals surface area contributed by atoms with Crippen molar-refractivity contribution in [3.05, 3.63) is 59.2 Å². The first-order valence-electron chi connectivity index (χ1n) is 16.5.